The zero-order valence-electron chi connectivity index (χ0n) is 30.3. The molecule has 0 radical (unpaired) electrons. The van der Waals surface area contributed by atoms with Crippen molar-refractivity contribution in [1.82, 2.24) is 0 Å². The molecule has 0 amide bonds. The Morgan fingerprint density at radius 1 is 0.444 bits per heavy atom. The van der Waals surface area contributed by atoms with E-state index in [4.69, 9.17) is 4.42 Å². The van der Waals surface area contributed by atoms with E-state index in [0.29, 0.717) is 0 Å². The fourth-order valence-electron chi connectivity index (χ4n) is 8.27. The van der Waals surface area contributed by atoms with E-state index in [1.54, 1.807) is 0 Å². The minimum absolute atomic E-state index is 0.211. The van der Waals surface area contributed by atoms with Gasteiger partial charge in [0.25, 0.3) is 0 Å². The average Bonchev–Trinajstić information content (AvgIpc) is 3.62. The zero-order chi connectivity index (χ0) is 36.2. The van der Waals surface area contributed by atoms with Gasteiger partial charge in [0, 0.05) is 33.1 Å². The number of nitrogens with one attached hydrogen (secondary N) is 1. The molecule has 0 fully saturated rings. The van der Waals surface area contributed by atoms with Crippen molar-refractivity contribution in [2.45, 2.75) is 19.3 Å². The lowest BCUT2D eigenvalue weighted by molar-refractivity contribution is 0.632. The third-order valence-corrected chi connectivity index (χ3v) is 11.1. The van der Waals surface area contributed by atoms with Gasteiger partial charge in [-0.05, 0) is 93.5 Å². The fraction of sp³-hybridized carbons (Fsp3) is 0.0588. The van der Waals surface area contributed by atoms with Crippen molar-refractivity contribution in [3.8, 4) is 33.4 Å². The van der Waals surface area contributed by atoms with Crippen LogP contribution >= 0.6 is 0 Å². The normalized spacial score (nSPS) is 13.1. The number of benzene rings is 8. The Hall–Kier alpha value is -6.84. The molecule has 0 saturated heterocycles. The van der Waals surface area contributed by atoms with Crippen LogP contribution in [0.2, 0.25) is 0 Å². The molecular weight excluding hydrogens is 657 g/mol. The van der Waals surface area contributed by atoms with Crippen molar-refractivity contribution in [1.29, 1.82) is 0 Å². The summed E-state index contributed by atoms with van der Waals surface area (Å²) >= 11 is 0. The molecule has 3 heteroatoms. The molecule has 0 unspecified atom stereocenters. The van der Waals surface area contributed by atoms with Gasteiger partial charge < -0.3 is 14.6 Å². The van der Waals surface area contributed by atoms with E-state index in [9.17, 15) is 0 Å². The van der Waals surface area contributed by atoms with Crippen LogP contribution in [0.1, 0.15) is 25.0 Å². The van der Waals surface area contributed by atoms with E-state index in [-0.39, 0.29) is 5.41 Å². The Balaban J connectivity index is 1.07. The lowest BCUT2D eigenvalue weighted by Crippen LogP contribution is -2.30. The van der Waals surface area contributed by atoms with Crippen molar-refractivity contribution < 1.29 is 4.42 Å². The Bertz CT molecular complexity index is 2820. The summed E-state index contributed by atoms with van der Waals surface area (Å²) in [5, 5.41) is 5.99. The van der Waals surface area contributed by atoms with Crippen molar-refractivity contribution in [3.63, 3.8) is 0 Å². The maximum absolute atomic E-state index is 6.39. The minimum Gasteiger partial charge on any atom is -0.454 e. The van der Waals surface area contributed by atoms with Crippen LogP contribution < -0.4 is 10.2 Å². The van der Waals surface area contributed by atoms with Crippen LogP contribution in [0, 0.1) is 0 Å². The van der Waals surface area contributed by atoms with Crippen LogP contribution in [0.15, 0.2) is 192 Å². The van der Waals surface area contributed by atoms with E-state index in [0.717, 1.165) is 55.7 Å². The highest BCUT2D eigenvalue weighted by molar-refractivity contribution is 6.09. The second-order valence-electron chi connectivity index (χ2n) is 14.7. The molecule has 2 heterocycles. The quantitative estimate of drug-likeness (QED) is 0.188. The Labute approximate surface area is 315 Å². The Morgan fingerprint density at radius 2 is 1.06 bits per heavy atom. The molecule has 0 saturated carbocycles. The monoisotopic (exact) mass is 694 g/mol. The maximum atomic E-state index is 6.39. The molecule has 3 nitrogen and oxygen atoms in total. The van der Waals surface area contributed by atoms with E-state index in [1.165, 1.54) is 39.2 Å². The molecular formula is C51H38N2O. The summed E-state index contributed by atoms with van der Waals surface area (Å²) in [6, 6.07) is 67.3. The van der Waals surface area contributed by atoms with Gasteiger partial charge in [-0.3, -0.25) is 0 Å². The number of furan rings is 1. The van der Waals surface area contributed by atoms with Gasteiger partial charge >= 0.3 is 0 Å². The third kappa shape index (κ3) is 5.28. The van der Waals surface area contributed by atoms with Crippen molar-refractivity contribution in [2.24, 2.45) is 0 Å². The van der Waals surface area contributed by atoms with Crippen molar-refractivity contribution >= 4 is 50.4 Å². The molecule has 10 rings (SSSR count). The molecule has 1 N–H and O–H groups in total. The molecule has 0 aliphatic carbocycles. The smallest absolute Gasteiger partial charge is 0.158 e. The summed E-state index contributed by atoms with van der Waals surface area (Å²) in [7, 11) is 0. The first-order valence-electron chi connectivity index (χ1n) is 18.6. The van der Waals surface area contributed by atoms with E-state index in [2.05, 4.69) is 200 Å². The van der Waals surface area contributed by atoms with Gasteiger partial charge in [0.15, 0.2) is 5.58 Å². The van der Waals surface area contributed by atoms with Crippen LogP contribution in [-0.2, 0) is 5.41 Å². The molecule has 54 heavy (non-hydrogen) atoms. The van der Waals surface area contributed by atoms with Crippen LogP contribution in [-0.4, -0.2) is 0 Å². The topological polar surface area (TPSA) is 28.4 Å². The average molecular weight is 695 g/mol. The SMILES string of the molecule is CC1(C)c2ccccc2N(c2ccc(-c3ccccc3)cc2)c2ccc(-c3ccc(Nc4cccc5c4oc4ccccc45)c(-c4ccccc4)c3)cc21. The number of fused-ring (bicyclic) bond motifs is 5. The Kier molecular flexibility index (Phi) is 7.48. The van der Waals surface area contributed by atoms with Gasteiger partial charge in [-0.1, -0.05) is 147 Å². The summed E-state index contributed by atoms with van der Waals surface area (Å²) in [4.78, 5) is 2.43. The van der Waals surface area contributed by atoms with Gasteiger partial charge in [-0.2, -0.15) is 0 Å². The standard InChI is InChI=1S/C51H38N2O/c1-51(2)43-20-10-11-22-47(43)53(39-28-24-35(25-29-39)34-14-5-3-6-15-34)48-31-27-38(33-44(48)51)37-26-30-45(42(32-37)36-16-7-4-8-17-36)52-46-21-13-19-41-40-18-9-12-23-49(40)54-50(41)46/h3-33,52H,1-2H3. The molecule has 0 atom stereocenters. The highest BCUT2D eigenvalue weighted by Gasteiger charge is 2.37. The minimum atomic E-state index is -0.211. The second kappa shape index (κ2) is 12.7. The first-order chi connectivity index (χ1) is 26.5. The summed E-state index contributed by atoms with van der Waals surface area (Å²) < 4.78 is 6.39. The summed E-state index contributed by atoms with van der Waals surface area (Å²) in [5.74, 6) is 0. The highest BCUT2D eigenvalue weighted by atomic mass is 16.3. The van der Waals surface area contributed by atoms with Gasteiger partial charge in [-0.15, -0.1) is 0 Å². The van der Waals surface area contributed by atoms with Crippen LogP contribution in [0.25, 0.3) is 55.3 Å². The van der Waals surface area contributed by atoms with Gasteiger partial charge in [-0.25, -0.2) is 0 Å². The number of hydrogen-bond donors (Lipinski definition) is 1. The number of hydrogen-bond acceptors (Lipinski definition) is 3. The highest BCUT2D eigenvalue weighted by Crippen LogP contribution is 2.53. The molecule has 0 spiro atoms. The maximum Gasteiger partial charge on any atom is 0.158 e. The van der Waals surface area contributed by atoms with E-state index >= 15 is 0 Å². The van der Waals surface area contributed by atoms with E-state index < -0.39 is 0 Å². The third-order valence-electron chi connectivity index (χ3n) is 11.1. The number of rotatable bonds is 6. The number of para-hydroxylation sites is 3. The largest absolute Gasteiger partial charge is 0.454 e. The van der Waals surface area contributed by atoms with Crippen LogP contribution in [0.4, 0.5) is 28.4 Å². The fourth-order valence-corrected chi connectivity index (χ4v) is 8.27. The van der Waals surface area contributed by atoms with Gasteiger partial charge in [0.1, 0.15) is 5.58 Å². The first-order valence-corrected chi connectivity index (χ1v) is 18.6. The second-order valence-corrected chi connectivity index (χ2v) is 14.7. The summed E-state index contributed by atoms with van der Waals surface area (Å²) in [6.45, 7) is 4.71. The van der Waals surface area contributed by atoms with Gasteiger partial charge in [0.2, 0.25) is 0 Å². The molecule has 1 aliphatic heterocycles. The lowest BCUT2D eigenvalue weighted by Gasteiger charge is -2.42. The van der Waals surface area contributed by atoms with Crippen molar-refractivity contribution in [3.05, 3.63) is 199 Å². The molecule has 8 aromatic carbocycles. The number of anilines is 5. The van der Waals surface area contributed by atoms with Crippen LogP contribution in [0.5, 0.6) is 0 Å². The first kappa shape index (κ1) is 31.9. The summed E-state index contributed by atoms with van der Waals surface area (Å²) in [5.41, 5.74) is 16.7. The van der Waals surface area contributed by atoms with Crippen molar-refractivity contribution in [2.75, 3.05) is 10.2 Å². The molecule has 1 aromatic heterocycles. The zero-order valence-corrected chi connectivity index (χ0v) is 30.3. The Morgan fingerprint density at radius 3 is 1.87 bits per heavy atom. The van der Waals surface area contributed by atoms with Crippen LogP contribution in [0.3, 0.4) is 0 Å². The summed E-state index contributed by atoms with van der Waals surface area (Å²) in [6.07, 6.45) is 0. The number of nitrogens with zero attached hydrogens (tertiary/aromatic N) is 1. The van der Waals surface area contributed by atoms with E-state index in [1.807, 2.05) is 12.1 Å². The predicted molar refractivity (Wildman–Crippen MR) is 227 cm³/mol. The van der Waals surface area contributed by atoms with Gasteiger partial charge in [0.05, 0.1) is 17.1 Å². The predicted octanol–water partition coefficient (Wildman–Crippen LogP) is 14.4. The molecule has 258 valence electrons. The molecule has 0 bridgehead atoms. The molecule has 9 aromatic rings. The molecule has 1 aliphatic rings. The lowest BCUT2D eigenvalue weighted by atomic mass is 9.73.